The quantitative estimate of drug-likeness (QED) is 0.762. The van der Waals surface area contributed by atoms with Crippen LogP contribution in [0.2, 0.25) is 0 Å². The minimum Gasteiger partial charge on any atom is -0.338 e. The first-order chi connectivity index (χ1) is 11.6. The Labute approximate surface area is 153 Å². The number of carbonyl (C=O) groups is 1. The molecule has 0 aliphatic heterocycles. The maximum absolute atomic E-state index is 12.2. The van der Waals surface area contributed by atoms with Crippen LogP contribution in [0, 0.1) is 23.2 Å². The van der Waals surface area contributed by atoms with Gasteiger partial charge in [0.1, 0.15) is 0 Å². The van der Waals surface area contributed by atoms with Crippen molar-refractivity contribution < 1.29 is 4.79 Å². The molecular formula is C20H27BrN2O. The fourth-order valence-electron chi connectivity index (χ4n) is 5.85. The number of benzene rings is 1. The lowest BCUT2D eigenvalue weighted by molar-refractivity contribution is -0.0498. The second-order valence-corrected chi connectivity index (χ2v) is 9.32. The van der Waals surface area contributed by atoms with Gasteiger partial charge in [0, 0.05) is 17.6 Å². The predicted molar refractivity (Wildman–Crippen MR) is 99.9 cm³/mol. The van der Waals surface area contributed by atoms with Crippen LogP contribution in [-0.4, -0.2) is 19.1 Å². The fraction of sp³-hybridized carbons (Fsp3) is 0.650. The van der Waals surface area contributed by atoms with Gasteiger partial charge < -0.3 is 10.6 Å². The molecule has 4 aliphatic carbocycles. The highest BCUT2D eigenvalue weighted by Crippen LogP contribution is 2.59. The van der Waals surface area contributed by atoms with E-state index in [4.69, 9.17) is 0 Å². The summed E-state index contributed by atoms with van der Waals surface area (Å²) in [5.41, 5.74) is 1.65. The third-order valence-corrected chi connectivity index (χ3v) is 6.87. The van der Waals surface area contributed by atoms with Crippen molar-refractivity contribution in [1.82, 2.24) is 10.6 Å². The number of nitrogens with one attached hydrogen (secondary N) is 2. The zero-order valence-corrected chi connectivity index (χ0v) is 15.8. The van der Waals surface area contributed by atoms with E-state index in [1.165, 1.54) is 44.1 Å². The molecule has 4 fully saturated rings. The molecule has 4 saturated carbocycles. The van der Waals surface area contributed by atoms with Crippen molar-refractivity contribution in [2.75, 3.05) is 13.1 Å². The number of urea groups is 1. The summed E-state index contributed by atoms with van der Waals surface area (Å²) in [5.74, 6) is 2.83. The fourth-order valence-corrected chi connectivity index (χ4v) is 6.30. The molecule has 0 saturated heterocycles. The first-order valence-corrected chi connectivity index (χ1v) is 10.2. The van der Waals surface area contributed by atoms with E-state index < -0.39 is 0 Å². The zero-order chi connectivity index (χ0) is 16.6. The van der Waals surface area contributed by atoms with Gasteiger partial charge in [-0.15, -0.1) is 0 Å². The Morgan fingerprint density at radius 1 is 1.08 bits per heavy atom. The average Bonchev–Trinajstić information content (AvgIpc) is 2.52. The van der Waals surface area contributed by atoms with Crippen molar-refractivity contribution in [2.24, 2.45) is 23.2 Å². The van der Waals surface area contributed by atoms with Crippen molar-refractivity contribution in [2.45, 2.75) is 44.9 Å². The van der Waals surface area contributed by atoms with Crippen LogP contribution in [0.3, 0.4) is 0 Å². The molecule has 24 heavy (non-hydrogen) atoms. The molecule has 0 aromatic heterocycles. The van der Waals surface area contributed by atoms with Crippen LogP contribution >= 0.6 is 15.9 Å². The van der Waals surface area contributed by atoms with Crippen molar-refractivity contribution in [1.29, 1.82) is 0 Å². The molecule has 0 atom stereocenters. The third-order valence-electron chi connectivity index (χ3n) is 6.38. The van der Waals surface area contributed by atoms with Crippen molar-refractivity contribution in [3.8, 4) is 0 Å². The highest BCUT2D eigenvalue weighted by molar-refractivity contribution is 9.10. The number of rotatable bonds is 5. The highest BCUT2D eigenvalue weighted by atomic mass is 79.9. The first kappa shape index (κ1) is 16.4. The van der Waals surface area contributed by atoms with E-state index in [0.29, 0.717) is 12.0 Å². The zero-order valence-electron chi connectivity index (χ0n) is 14.2. The minimum atomic E-state index is 0.000687. The Bertz CT molecular complexity index is 580. The van der Waals surface area contributed by atoms with Crippen LogP contribution in [-0.2, 0) is 6.42 Å². The molecule has 0 radical (unpaired) electrons. The molecule has 0 unspecified atom stereocenters. The standard InChI is InChI=1S/C20H27BrN2O/c21-18-3-1-2-14(9-18)4-5-22-19(24)23-13-20-10-15-6-16(11-20)8-17(7-15)12-20/h1-3,9,15-17H,4-8,10-13H2,(H2,22,23,24). The predicted octanol–water partition coefficient (Wildman–Crippen LogP) is 4.51. The summed E-state index contributed by atoms with van der Waals surface area (Å²) in [5, 5.41) is 6.20. The topological polar surface area (TPSA) is 41.1 Å². The molecule has 0 spiro atoms. The van der Waals surface area contributed by atoms with E-state index in [2.05, 4.69) is 38.7 Å². The van der Waals surface area contributed by atoms with E-state index in [1.807, 2.05) is 12.1 Å². The van der Waals surface area contributed by atoms with E-state index in [1.54, 1.807) is 0 Å². The van der Waals surface area contributed by atoms with Crippen LogP contribution < -0.4 is 10.6 Å². The maximum Gasteiger partial charge on any atom is 0.314 e. The smallest absolute Gasteiger partial charge is 0.314 e. The summed E-state index contributed by atoms with van der Waals surface area (Å²) in [6.45, 7) is 1.56. The summed E-state index contributed by atoms with van der Waals surface area (Å²) in [4.78, 5) is 12.2. The average molecular weight is 391 g/mol. The second-order valence-electron chi connectivity index (χ2n) is 8.41. The number of halogens is 1. The van der Waals surface area contributed by atoms with E-state index in [0.717, 1.165) is 35.2 Å². The van der Waals surface area contributed by atoms with Crippen molar-refractivity contribution in [3.05, 3.63) is 34.3 Å². The van der Waals surface area contributed by atoms with Gasteiger partial charge in [0.25, 0.3) is 0 Å². The molecule has 1 aromatic rings. The van der Waals surface area contributed by atoms with Gasteiger partial charge >= 0.3 is 6.03 Å². The maximum atomic E-state index is 12.2. The van der Waals surface area contributed by atoms with E-state index in [-0.39, 0.29) is 6.03 Å². The first-order valence-electron chi connectivity index (χ1n) is 9.36. The van der Waals surface area contributed by atoms with Crippen LogP contribution in [0.1, 0.15) is 44.1 Å². The van der Waals surface area contributed by atoms with Gasteiger partial charge in [0.15, 0.2) is 0 Å². The molecular weight excluding hydrogens is 364 g/mol. The van der Waals surface area contributed by atoms with Crippen molar-refractivity contribution in [3.63, 3.8) is 0 Å². The molecule has 5 rings (SSSR count). The summed E-state index contributed by atoms with van der Waals surface area (Å²) < 4.78 is 1.09. The highest BCUT2D eigenvalue weighted by Gasteiger charge is 2.50. The molecule has 4 aliphatic rings. The Morgan fingerprint density at radius 3 is 2.38 bits per heavy atom. The van der Waals surface area contributed by atoms with Gasteiger partial charge in [0.05, 0.1) is 0 Å². The van der Waals surface area contributed by atoms with Crippen molar-refractivity contribution >= 4 is 22.0 Å². The SMILES string of the molecule is O=C(NCCc1cccc(Br)c1)NCC12CC3CC(CC(C3)C1)C2. The summed E-state index contributed by atoms with van der Waals surface area (Å²) in [7, 11) is 0. The molecule has 4 bridgehead atoms. The molecule has 1 aromatic carbocycles. The monoisotopic (exact) mass is 390 g/mol. The Hall–Kier alpha value is -1.03. The van der Waals surface area contributed by atoms with Crippen LogP contribution in [0.4, 0.5) is 4.79 Å². The lowest BCUT2D eigenvalue weighted by Crippen LogP contribution is -2.52. The molecule has 2 amide bonds. The Morgan fingerprint density at radius 2 is 1.75 bits per heavy atom. The van der Waals surface area contributed by atoms with Gasteiger partial charge in [-0.05, 0) is 85.8 Å². The molecule has 3 nitrogen and oxygen atoms in total. The normalized spacial score (nSPS) is 33.5. The van der Waals surface area contributed by atoms with Crippen LogP contribution in [0.15, 0.2) is 28.7 Å². The lowest BCUT2D eigenvalue weighted by Gasteiger charge is -2.56. The largest absolute Gasteiger partial charge is 0.338 e. The Kier molecular flexibility index (Phi) is 4.59. The number of hydrogen-bond acceptors (Lipinski definition) is 1. The van der Waals surface area contributed by atoms with E-state index >= 15 is 0 Å². The van der Waals surface area contributed by atoms with Gasteiger partial charge in [-0.2, -0.15) is 0 Å². The van der Waals surface area contributed by atoms with Crippen LogP contribution in [0.25, 0.3) is 0 Å². The van der Waals surface area contributed by atoms with Gasteiger partial charge in [-0.3, -0.25) is 0 Å². The molecule has 2 N–H and O–H groups in total. The van der Waals surface area contributed by atoms with Crippen LogP contribution in [0.5, 0.6) is 0 Å². The minimum absolute atomic E-state index is 0.000687. The molecule has 4 heteroatoms. The number of amides is 2. The van der Waals surface area contributed by atoms with Gasteiger partial charge in [-0.1, -0.05) is 28.1 Å². The Balaban J connectivity index is 1.22. The van der Waals surface area contributed by atoms with Gasteiger partial charge in [-0.25, -0.2) is 4.79 Å². The summed E-state index contributed by atoms with van der Waals surface area (Å²) in [6, 6.07) is 8.26. The second kappa shape index (κ2) is 6.70. The van der Waals surface area contributed by atoms with E-state index in [9.17, 15) is 4.79 Å². The third kappa shape index (κ3) is 3.63. The number of carbonyl (C=O) groups excluding carboxylic acids is 1. The summed E-state index contributed by atoms with van der Waals surface area (Å²) in [6.07, 6.45) is 9.27. The molecule has 0 heterocycles. The molecule has 130 valence electrons. The number of hydrogen-bond donors (Lipinski definition) is 2. The van der Waals surface area contributed by atoms with Gasteiger partial charge in [0.2, 0.25) is 0 Å². The lowest BCUT2D eigenvalue weighted by atomic mass is 9.49. The summed E-state index contributed by atoms with van der Waals surface area (Å²) >= 11 is 3.48.